The van der Waals surface area contributed by atoms with Crippen LogP contribution in [0.2, 0.25) is 0 Å². The fraction of sp³-hybridized carbons (Fsp3) is 0.167. The molecule has 27 heavy (non-hydrogen) atoms. The number of nitrogens with zero attached hydrogens (tertiary/aromatic N) is 4. The molecule has 3 aromatic rings. The Morgan fingerprint density at radius 3 is 2.67 bits per heavy atom. The van der Waals surface area contributed by atoms with Crippen molar-refractivity contribution in [2.45, 2.75) is 11.9 Å². The number of nitriles is 1. The number of ether oxygens (including phenoxy) is 1. The van der Waals surface area contributed by atoms with Crippen LogP contribution in [0.15, 0.2) is 41.4 Å². The molecule has 0 spiro atoms. The predicted octanol–water partition coefficient (Wildman–Crippen LogP) is 3.52. The lowest BCUT2D eigenvalue weighted by Gasteiger charge is -2.07. The fourth-order valence-electron chi connectivity index (χ4n) is 2.19. The molecule has 0 aliphatic carbocycles. The lowest BCUT2D eigenvalue weighted by atomic mass is 10.1. The Morgan fingerprint density at radius 1 is 1.26 bits per heavy atom. The lowest BCUT2D eigenvalue weighted by Crippen LogP contribution is -2.14. The number of hydrogen-bond donors (Lipinski definition) is 1. The molecule has 1 aromatic carbocycles. The largest absolute Gasteiger partial charge is 0.497 e. The van der Waals surface area contributed by atoms with Crippen molar-refractivity contribution in [1.29, 1.82) is 5.26 Å². The van der Waals surface area contributed by atoms with Crippen molar-refractivity contribution in [2.24, 2.45) is 0 Å². The zero-order valence-corrected chi connectivity index (χ0v) is 16.2. The molecule has 1 amide bonds. The molecule has 0 unspecified atom stereocenters. The maximum Gasteiger partial charge on any atom is 0.236 e. The molecule has 9 heteroatoms. The van der Waals surface area contributed by atoms with Crippen molar-refractivity contribution in [3.63, 3.8) is 0 Å². The number of carbonyl (C=O) groups excluding carboxylic acids is 1. The number of benzene rings is 1. The van der Waals surface area contributed by atoms with Crippen LogP contribution in [-0.2, 0) is 4.79 Å². The van der Waals surface area contributed by atoms with E-state index in [1.165, 1.54) is 23.1 Å². The van der Waals surface area contributed by atoms with E-state index in [0.717, 1.165) is 22.0 Å². The van der Waals surface area contributed by atoms with Gasteiger partial charge >= 0.3 is 0 Å². The number of pyridine rings is 1. The Balaban J connectivity index is 1.73. The number of aryl methyl sites for hydroxylation is 1. The van der Waals surface area contributed by atoms with Gasteiger partial charge in [-0.15, -0.1) is 10.2 Å². The highest BCUT2D eigenvalue weighted by molar-refractivity contribution is 8.00. The van der Waals surface area contributed by atoms with Crippen molar-refractivity contribution in [2.75, 3.05) is 18.2 Å². The van der Waals surface area contributed by atoms with Crippen molar-refractivity contribution in [3.05, 3.63) is 47.0 Å². The minimum atomic E-state index is -0.225. The van der Waals surface area contributed by atoms with E-state index in [9.17, 15) is 10.1 Å². The smallest absolute Gasteiger partial charge is 0.236 e. The molecule has 2 heterocycles. The first kappa shape index (κ1) is 18.8. The summed E-state index contributed by atoms with van der Waals surface area (Å²) >= 11 is 2.51. The van der Waals surface area contributed by atoms with Gasteiger partial charge in [-0.1, -0.05) is 23.1 Å². The molecule has 136 valence electrons. The molecule has 0 saturated carbocycles. The third-order valence-electron chi connectivity index (χ3n) is 3.48. The summed E-state index contributed by atoms with van der Waals surface area (Å²) in [7, 11) is 1.61. The number of nitrogens with one attached hydrogen (secondary N) is 1. The summed E-state index contributed by atoms with van der Waals surface area (Å²) in [6, 6.07) is 13.1. The Labute approximate surface area is 164 Å². The van der Waals surface area contributed by atoms with Gasteiger partial charge in [0.05, 0.1) is 24.1 Å². The zero-order chi connectivity index (χ0) is 19.2. The van der Waals surface area contributed by atoms with Crippen LogP contribution in [0.3, 0.4) is 0 Å². The van der Waals surface area contributed by atoms with Gasteiger partial charge in [0.2, 0.25) is 11.0 Å². The van der Waals surface area contributed by atoms with Gasteiger partial charge in [-0.25, -0.2) is 4.98 Å². The molecule has 3 rings (SSSR count). The molecule has 1 N–H and O–H groups in total. The van der Waals surface area contributed by atoms with Crippen LogP contribution in [0, 0.1) is 18.3 Å². The highest BCUT2D eigenvalue weighted by atomic mass is 32.2. The number of aromatic nitrogens is 3. The lowest BCUT2D eigenvalue weighted by molar-refractivity contribution is -0.113. The summed E-state index contributed by atoms with van der Waals surface area (Å²) in [5.41, 5.74) is 2.05. The van der Waals surface area contributed by atoms with E-state index in [0.29, 0.717) is 15.7 Å². The number of hydrogen-bond acceptors (Lipinski definition) is 8. The molecule has 0 radical (unpaired) electrons. The summed E-state index contributed by atoms with van der Waals surface area (Å²) in [5, 5.41) is 21.5. The van der Waals surface area contributed by atoms with E-state index in [4.69, 9.17) is 4.74 Å². The SMILES string of the molecule is COc1ccc(-c2ccc(C#N)c(SCC(=O)Nc3nnc(C)s3)n2)cc1. The second kappa shape index (κ2) is 8.62. The first-order valence-corrected chi connectivity index (χ1v) is 9.67. The van der Waals surface area contributed by atoms with Crippen molar-refractivity contribution in [1.82, 2.24) is 15.2 Å². The first-order valence-electron chi connectivity index (χ1n) is 7.87. The number of carbonyl (C=O) groups is 1. The summed E-state index contributed by atoms with van der Waals surface area (Å²) in [6.45, 7) is 1.82. The van der Waals surface area contributed by atoms with Gasteiger partial charge in [-0.2, -0.15) is 5.26 Å². The second-order valence-corrected chi connectivity index (χ2v) is 7.50. The number of methoxy groups -OCH3 is 1. The Bertz CT molecular complexity index is 996. The van der Waals surface area contributed by atoms with Gasteiger partial charge in [0.1, 0.15) is 21.9 Å². The maximum absolute atomic E-state index is 12.1. The molecule has 0 fully saturated rings. The fourth-order valence-corrected chi connectivity index (χ4v) is 3.57. The number of thioether (sulfide) groups is 1. The molecule has 0 aliphatic heterocycles. The van der Waals surface area contributed by atoms with Crippen LogP contribution in [0.1, 0.15) is 10.6 Å². The standard InChI is InChI=1S/C18H15N5O2S2/c1-11-22-23-18(27-11)21-16(24)10-26-17-13(9-19)5-8-15(20-17)12-3-6-14(25-2)7-4-12/h3-8H,10H2,1-2H3,(H,21,23,24). The van der Waals surface area contributed by atoms with E-state index >= 15 is 0 Å². The third-order valence-corrected chi connectivity index (χ3v) is 5.22. The van der Waals surface area contributed by atoms with Gasteiger partial charge in [0.25, 0.3) is 0 Å². The molecular weight excluding hydrogens is 382 g/mol. The topological polar surface area (TPSA) is 101 Å². The minimum absolute atomic E-state index is 0.117. The Morgan fingerprint density at radius 2 is 2.04 bits per heavy atom. The van der Waals surface area contributed by atoms with Crippen molar-refractivity contribution >= 4 is 34.1 Å². The van der Waals surface area contributed by atoms with E-state index < -0.39 is 0 Å². The highest BCUT2D eigenvalue weighted by Crippen LogP contribution is 2.26. The Hall–Kier alpha value is -2.96. The molecule has 0 bridgehead atoms. The highest BCUT2D eigenvalue weighted by Gasteiger charge is 2.12. The molecule has 7 nitrogen and oxygen atoms in total. The molecule has 0 saturated heterocycles. The van der Waals surface area contributed by atoms with Crippen molar-refractivity contribution in [3.8, 4) is 23.1 Å². The van der Waals surface area contributed by atoms with Gasteiger partial charge in [0, 0.05) is 5.56 Å². The monoisotopic (exact) mass is 397 g/mol. The van der Waals surface area contributed by atoms with Gasteiger partial charge in [-0.3, -0.25) is 10.1 Å². The van der Waals surface area contributed by atoms with Gasteiger partial charge < -0.3 is 4.74 Å². The number of amides is 1. The molecule has 0 atom stereocenters. The van der Waals surface area contributed by atoms with Crippen LogP contribution in [-0.4, -0.2) is 34.0 Å². The van der Waals surface area contributed by atoms with Crippen LogP contribution in [0.5, 0.6) is 5.75 Å². The summed E-state index contributed by atoms with van der Waals surface area (Å²) in [6.07, 6.45) is 0. The molecule has 2 aromatic heterocycles. The average Bonchev–Trinajstić information content (AvgIpc) is 3.10. The van der Waals surface area contributed by atoms with E-state index in [1.807, 2.05) is 31.2 Å². The van der Waals surface area contributed by atoms with Crippen LogP contribution in [0.25, 0.3) is 11.3 Å². The number of anilines is 1. The summed E-state index contributed by atoms with van der Waals surface area (Å²) < 4.78 is 5.16. The normalized spacial score (nSPS) is 10.3. The minimum Gasteiger partial charge on any atom is -0.497 e. The molecule has 0 aliphatic rings. The average molecular weight is 397 g/mol. The van der Waals surface area contributed by atoms with Crippen molar-refractivity contribution < 1.29 is 9.53 Å². The molecular formula is C18H15N5O2S2. The second-order valence-electron chi connectivity index (χ2n) is 5.35. The van der Waals surface area contributed by atoms with Gasteiger partial charge in [0.15, 0.2) is 0 Å². The van der Waals surface area contributed by atoms with E-state index in [-0.39, 0.29) is 11.7 Å². The zero-order valence-electron chi connectivity index (χ0n) is 14.6. The van der Waals surface area contributed by atoms with Crippen LogP contribution < -0.4 is 10.1 Å². The predicted molar refractivity (Wildman–Crippen MR) is 105 cm³/mol. The third kappa shape index (κ3) is 4.81. The quantitative estimate of drug-likeness (QED) is 0.635. The van der Waals surface area contributed by atoms with E-state index in [2.05, 4.69) is 26.6 Å². The maximum atomic E-state index is 12.1. The summed E-state index contributed by atoms with van der Waals surface area (Å²) in [5.74, 6) is 0.647. The van der Waals surface area contributed by atoms with E-state index in [1.54, 1.807) is 19.2 Å². The number of rotatable bonds is 6. The Kier molecular flexibility index (Phi) is 6.01. The summed E-state index contributed by atoms with van der Waals surface area (Å²) in [4.78, 5) is 16.6. The van der Waals surface area contributed by atoms with Gasteiger partial charge in [-0.05, 0) is 43.3 Å². The first-order chi connectivity index (χ1) is 13.1. The van der Waals surface area contributed by atoms with Crippen LogP contribution >= 0.6 is 23.1 Å². The van der Waals surface area contributed by atoms with Crippen LogP contribution in [0.4, 0.5) is 5.13 Å².